The minimum Gasteiger partial charge on any atom is -0.489 e. The van der Waals surface area contributed by atoms with Crippen molar-refractivity contribution in [2.45, 2.75) is 39.9 Å². The van der Waals surface area contributed by atoms with E-state index in [1.165, 1.54) is 0 Å². The SMILES string of the molecule is CCCC(=O)OCC.c1ccc(COc2cccc(OCc3ccccc3)c2)cc1. The molecule has 3 aromatic carbocycles. The minimum atomic E-state index is -0.0880. The average Bonchev–Trinajstić information content (AvgIpc) is 2.79. The van der Waals surface area contributed by atoms with Gasteiger partial charge in [-0.2, -0.15) is 0 Å². The van der Waals surface area contributed by atoms with Gasteiger partial charge in [-0.1, -0.05) is 73.7 Å². The van der Waals surface area contributed by atoms with Gasteiger partial charge in [0, 0.05) is 12.5 Å². The second-order valence-corrected chi connectivity index (χ2v) is 6.58. The van der Waals surface area contributed by atoms with Gasteiger partial charge in [0.05, 0.1) is 6.61 Å². The summed E-state index contributed by atoms with van der Waals surface area (Å²) in [6.07, 6.45) is 1.42. The standard InChI is InChI=1S/C20H18O2.C6H12O2/c1-3-8-17(9-4-1)15-21-19-12-7-13-20(14-19)22-16-18-10-5-2-6-11-18;1-3-5-6(7)8-4-2/h1-14H,15-16H2;3-5H2,1-2H3. The van der Waals surface area contributed by atoms with E-state index in [1.54, 1.807) is 0 Å². The van der Waals surface area contributed by atoms with E-state index in [-0.39, 0.29) is 5.97 Å². The number of benzene rings is 3. The van der Waals surface area contributed by atoms with E-state index < -0.39 is 0 Å². The number of esters is 1. The molecule has 0 aliphatic rings. The Morgan fingerprint density at radius 3 is 1.63 bits per heavy atom. The number of carbonyl (C=O) groups excluding carboxylic acids is 1. The second kappa shape index (κ2) is 13.8. The summed E-state index contributed by atoms with van der Waals surface area (Å²) in [4.78, 5) is 10.4. The van der Waals surface area contributed by atoms with Crippen molar-refractivity contribution in [3.05, 3.63) is 96.1 Å². The van der Waals surface area contributed by atoms with E-state index in [4.69, 9.17) is 9.47 Å². The van der Waals surface area contributed by atoms with Gasteiger partial charge in [-0.05, 0) is 36.6 Å². The molecule has 0 aromatic heterocycles. The zero-order valence-electron chi connectivity index (χ0n) is 17.8. The maximum Gasteiger partial charge on any atom is 0.305 e. The first-order valence-corrected chi connectivity index (χ1v) is 10.3. The van der Waals surface area contributed by atoms with Crippen molar-refractivity contribution in [3.63, 3.8) is 0 Å². The fourth-order valence-corrected chi connectivity index (χ4v) is 2.57. The lowest BCUT2D eigenvalue weighted by Gasteiger charge is -2.10. The third-order valence-corrected chi connectivity index (χ3v) is 4.06. The van der Waals surface area contributed by atoms with Crippen LogP contribution in [0, 0.1) is 0 Å². The molecule has 0 aliphatic heterocycles. The van der Waals surface area contributed by atoms with Crippen molar-refractivity contribution in [2.75, 3.05) is 6.61 Å². The summed E-state index contributed by atoms with van der Waals surface area (Å²) in [5, 5.41) is 0. The predicted octanol–water partition coefficient (Wildman–Crippen LogP) is 6.19. The number of ether oxygens (including phenoxy) is 3. The van der Waals surface area contributed by atoms with Crippen LogP contribution in [0.25, 0.3) is 0 Å². The average molecular weight is 407 g/mol. The molecule has 0 aliphatic carbocycles. The monoisotopic (exact) mass is 406 g/mol. The molecule has 30 heavy (non-hydrogen) atoms. The highest BCUT2D eigenvalue weighted by molar-refractivity contribution is 5.69. The quantitative estimate of drug-likeness (QED) is 0.397. The molecule has 3 rings (SSSR count). The lowest BCUT2D eigenvalue weighted by Crippen LogP contribution is -2.01. The zero-order chi connectivity index (χ0) is 21.4. The Morgan fingerprint density at radius 2 is 1.20 bits per heavy atom. The molecule has 3 aromatic rings. The van der Waals surface area contributed by atoms with Crippen molar-refractivity contribution in [1.29, 1.82) is 0 Å². The second-order valence-electron chi connectivity index (χ2n) is 6.58. The Labute approximate surface area is 179 Å². The van der Waals surface area contributed by atoms with Crippen LogP contribution < -0.4 is 9.47 Å². The predicted molar refractivity (Wildman–Crippen MR) is 120 cm³/mol. The van der Waals surface area contributed by atoms with E-state index in [2.05, 4.69) is 29.0 Å². The summed E-state index contributed by atoms with van der Waals surface area (Å²) >= 11 is 0. The number of rotatable bonds is 9. The Hall–Kier alpha value is -3.27. The highest BCUT2D eigenvalue weighted by Gasteiger charge is 2.00. The molecule has 0 spiro atoms. The van der Waals surface area contributed by atoms with Crippen LogP contribution in [-0.4, -0.2) is 12.6 Å². The molecule has 0 atom stereocenters. The van der Waals surface area contributed by atoms with Gasteiger partial charge in [0.25, 0.3) is 0 Å². The third kappa shape index (κ3) is 9.28. The lowest BCUT2D eigenvalue weighted by molar-refractivity contribution is -0.143. The van der Waals surface area contributed by atoms with Crippen LogP contribution in [-0.2, 0) is 22.7 Å². The van der Waals surface area contributed by atoms with E-state index >= 15 is 0 Å². The van der Waals surface area contributed by atoms with Crippen molar-refractivity contribution in [1.82, 2.24) is 0 Å². The van der Waals surface area contributed by atoms with Gasteiger partial charge >= 0.3 is 5.97 Å². The number of hydrogen-bond acceptors (Lipinski definition) is 4. The van der Waals surface area contributed by atoms with E-state index in [0.717, 1.165) is 29.0 Å². The van der Waals surface area contributed by atoms with Crippen LogP contribution in [0.4, 0.5) is 0 Å². The fraction of sp³-hybridized carbons (Fsp3) is 0.269. The molecule has 0 radical (unpaired) electrons. The normalized spacial score (nSPS) is 9.80. The maximum absolute atomic E-state index is 10.4. The molecule has 4 heteroatoms. The number of hydrogen-bond donors (Lipinski definition) is 0. The van der Waals surface area contributed by atoms with Gasteiger partial charge in [0.15, 0.2) is 0 Å². The molecule has 0 saturated heterocycles. The Morgan fingerprint density at radius 1 is 0.700 bits per heavy atom. The summed E-state index contributed by atoms with van der Waals surface area (Å²) in [5.74, 6) is 1.54. The molecule has 0 saturated carbocycles. The first-order chi connectivity index (χ1) is 14.7. The van der Waals surface area contributed by atoms with Crippen LogP contribution in [0.3, 0.4) is 0 Å². The van der Waals surface area contributed by atoms with Crippen LogP contribution in [0.2, 0.25) is 0 Å². The lowest BCUT2D eigenvalue weighted by atomic mass is 10.2. The van der Waals surface area contributed by atoms with Crippen molar-refractivity contribution in [3.8, 4) is 11.5 Å². The van der Waals surface area contributed by atoms with Gasteiger partial charge in [-0.15, -0.1) is 0 Å². The fourth-order valence-electron chi connectivity index (χ4n) is 2.57. The molecular weight excluding hydrogens is 376 g/mol. The molecule has 0 amide bonds. The molecule has 0 fully saturated rings. The molecule has 158 valence electrons. The van der Waals surface area contributed by atoms with Crippen LogP contribution in [0.15, 0.2) is 84.9 Å². The van der Waals surface area contributed by atoms with Gasteiger partial charge in [-0.25, -0.2) is 0 Å². The molecule has 0 bridgehead atoms. The smallest absolute Gasteiger partial charge is 0.305 e. The molecule has 0 N–H and O–H groups in total. The largest absolute Gasteiger partial charge is 0.489 e. The highest BCUT2D eigenvalue weighted by Crippen LogP contribution is 2.21. The topological polar surface area (TPSA) is 44.8 Å². The van der Waals surface area contributed by atoms with Crippen LogP contribution in [0.5, 0.6) is 11.5 Å². The van der Waals surface area contributed by atoms with Gasteiger partial charge in [0.2, 0.25) is 0 Å². The molecule has 0 heterocycles. The van der Waals surface area contributed by atoms with E-state index in [0.29, 0.717) is 26.2 Å². The zero-order valence-corrected chi connectivity index (χ0v) is 17.8. The third-order valence-electron chi connectivity index (χ3n) is 4.06. The highest BCUT2D eigenvalue weighted by atomic mass is 16.5. The van der Waals surface area contributed by atoms with Crippen LogP contribution >= 0.6 is 0 Å². The number of carbonyl (C=O) groups is 1. The summed E-state index contributed by atoms with van der Waals surface area (Å²) in [5.41, 5.74) is 2.30. The summed E-state index contributed by atoms with van der Waals surface area (Å²) in [6, 6.07) is 28.0. The summed E-state index contributed by atoms with van der Waals surface area (Å²) < 4.78 is 16.3. The van der Waals surface area contributed by atoms with E-state index in [1.807, 2.05) is 74.5 Å². The summed E-state index contributed by atoms with van der Waals surface area (Å²) in [7, 11) is 0. The first-order valence-electron chi connectivity index (χ1n) is 10.3. The van der Waals surface area contributed by atoms with E-state index in [9.17, 15) is 4.79 Å². The molecule has 4 nitrogen and oxygen atoms in total. The first kappa shape index (κ1) is 23.0. The van der Waals surface area contributed by atoms with Gasteiger partial charge in [-0.3, -0.25) is 4.79 Å². The van der Waals surface area contributed by atoms with Crippen molar-refractivity contribution < 1.29 is 19.0 Å². The molecule has 0 unspecified atom stereocenters. The minimum absolute atomic E-state index is 0.0880. The van der Waals surface area contributed by atoms with Crippen molar-refractivity contribution in [2.24, 2.45) is 0 Å². The van der Waals surface area contributed by atoms with Gasteiger partial charge in [0.1, 0.15) is 24.7 Å². The Kier molecular flexibility index (Phi) is 10.6. The Balaban J connectivity index is 0.000000343. The van der Waals surface area contributed by atoms with Crippen molar-refractivity contribution >= 4 is 5.97 Å². The maximum atomic E-state index is 10.4. The molecular formula is C26H30O4. The van der Waals surface area contributed by atoms with Gasteiger partial charge < -0.3 is 14.2 Å². The summed E-state index contributed by atoms with van der Waals surface area (Å²) in [6.45, 7) is 5.38. The van der Waals surface area contributed by atoms with Crippen LogP contribution in [0.1, 0.15) is 37.8 Å². The Bertz CT molecular complexity index is 780.